The summed E-state index contributed by atoms with van der Waals surface area (Å²) in [7, 11) is 0. The number of carbonyl (C=O) groups excluding carboxylic acids is 1. The van der Waals surface area contributed by atoms with Crippen molar-refractivity contribution in [3.8, 4) is 0 Å². The summed E-state index contributed by atoms with van der Waals surface area (Å²) in [4.78, 5) is 14.3. The van der Waals surface area contributed by atoms with Gasteiger partial charge in [0.2, 0.25) is 5.91 Å². The number of hydrogen-bond acceptors (Lipinski definition) is 4. The number of primary amides is 1. The van der Waals surface area contributed by atoms with Gasteiger partial charge in [-0.15, -0.1) is 0 Å². The third-order valence-electron chi connectivity index (χ3n) is 4.82. The van der Waals surface area contributed by atoms with Crippen LogP contribution in [0.1, 0.15) is 52.9 Å². The first-order valence-electron chi connectivity index (χ1n) is 8.38. The molecule has 0 aromatic carbocycles. The summed E-state index contributed by atoms with van der Waals surface area (Å²) in [5, 5.41) is 3.42. The van der Waals surface area contributed by atoms with Crippen LogP contribution in [0.4, 0.5) is 0 Å². The van der Waals surface area contributed by atoms with Gasteiger partial charge in [0.15, 0.2) is 0 Å². The highest BCUT2D eigenvalue weighted by Gasteiger charge is 2.36. The number of ether oxygens (including phenoxy) is 1. The lowest BCUT2D eigenvalue weighted by Gasteiger charge is -2.39. The molecule has 0 spiro atoms. The van der Waals surface area contributed by atoms with E-state index in [1.165, 1.54) is 12.8 Å². The number of carbonyl (C=O) groups is 1. The molecule has 2 rings (SSSR count). The number of nitrogens with zero attached hydrogens (tertiary/aromatic N) is 1. The van der Waals surface area contributed by atoms with Crippen LogP contribution in [0.3, 0.4) is 0 Å². The van der Waals surface area contributed by atoms with Gasteiger partial charge in [-0.1, -0.05) is 6.92 Å². The summed E-state index contributed by atoms with van der Waals surface area (Å²) >= 11 is 0. The van der Waals surface area contributed by atoms with E-state index < -0.39 is 5.54 Å². The Balaban J connectivity index is 1.81. The van der Waals surface area contributed by atoms with Crippen LogP contribution in [0, 0.1) is 0 Å². The van der Waals surface area contributed by atoms with Crippen molar-refractivity contribution in [2.45, 2.75) is 76.6 Å². The van der Waals surface area contributed by atoms with Crippen LogP contribution in [0.2, 0.25) is 0 Å². The second-order valence-corrected chi connectivity index (χ2v) is 6.92. The Morgan fingerprint density at radius 1 is 1.48 bits per heavy atom. The average molecular weight is 297 g/mol. The van der Waals surface area contributed by atoms with E-state index in [0.29, 0.717) is 18.2 Å². The molecule has 2 fully saturated rings. The maximum atomic E-state index is 11.8. The number of nitrogens with one attached hydrogen (secondary N) is 1. The molecule has 21 heavy (non-hydrogen) atoms. The van der Waals surface area contributed by atoms with E-state index in [4.69, 9.17) is 10.5 Å². The Morgan fingerprint density at radius 3 is 2.76 bits per heavy atom. The highest BCUT2D eigenvalue weighted by molar-refractivity contribution is 5.84. The molecule has 1 saturated carbocycles. The van der Waals surface area contributed by atoms with Crippen molar-refractivity contribution < 1.29 is 9.53 Å². The third kappa shape index (κ3) is 4.66. The molecule has 0 bridgehead atoms. The first-order valence-corrected chi connectivity index (χ1v) is 8.38. The van der Waals surface area contributed by atoms with Gasteiger partial charge in [0, 0.05) is 18.6 Å². The highest BCUT2D eigenvalue weighted by Crippen LogP contribution is 2.25. The maximum absolute atomic E-state index is 11.8. The molecule has 3 unspecified atom stereocenters. The lowest BCUT2D eigenvalue weighted by Crippen LogP contribution is -2.54. The predicted molar refractivity (Wildman–Crippen MR) is 84.1 cm³/mol. The van der Waals surface area contributed by atoms with Crippen LogP contribution in [0.25, 0.3) is 0 Å². The minimum atomic E-state index is -0.555. The van der Waals surface area contributed by atoms with E-state index in [1.54, 1.807) is 0 Å². The topological polar surface area (TPSA) is 67.6 Å². The van der Waals surface area contributed by atoms with Gasteiger partial charge in [0.1, 0.15) is 0 Å². The van der Waals surface area contributed by atoms with Crippen LogP contribution in [0.5, 0.6) is 0 Å². The zero-order valence-electron chi connectivity index (χ0n) is 13.7. The Morgan fingerprint density at radius 2 is 2.19 bits per heavy atom. The number of morpholine rings is 1. The molecular weight excluding hydrogens is 266 g/mol. The number of hydrogen-bond donors (Lipinski definition) is 2. The second kappa shape index (κ2) is 7.07. The van der Waals surface area contributed by atoms with E-state index >= 15 is 0 Å². The van der Waals surface area contributed by atoms with Crippen molar-refractivity contribution >= 4 is 5.91 Å². The minimum Gasteiger partial charge on any atom is -0.376 e. The molecule has 0 aromatic heterocycles. The first kappa shape index (κ1) is 16.7. The van der Waals surface area contributed by atoms with Crippen LogP contribution >= 0.6 is 0 Å². The van der Waals surface area contributed by atoms with E-state index in [0.717, 1.165) is 39.0 Å². The van der Waals surface area contributed by atoms with Gasteiger partial charge in [-0.3, -0.25) is 9.69 Å². The molecule has 0 radical (unpaired) electrons. The van der Waals surface area contributed by atoms with Gasteiger partial charge in [-0.2, -0.15) is 0 Å². The summed E-state index contributed by atoms with van der Waals surface area (Å²) in [6, 6.07) is 1.01. The smallest absolute Gasteiger partial charge is 0.237 e. The summed E-state index contributed by atoms with van der Waals surface area (Å²) in [6.45, 7) is 9.11. The van der Waals surface area contributed by atoms with Gasteiger partial charge in [0.25, 0.3) is 0 Å². The molecule has 1 saturated heterocycles. The molecule has 5 heteroatoms. The van der Waals surface area contributed by atoms with Crippen LogP contribution in [0.15, 0.2) is 0 Å². The third-order valence-corrected chi connectivity index (χ3v) is 4.82. The van der Waals surface area contributed by atoms with Crippen molar-refractivity contribution in [2.75, 3.05) is 19.7 Å². The molecule has 2 aliphatic rings. The number of amides is 1. The molecule has 5 nitrogen and oxygen atoms in total. The van der Waals surface area contributed by atoms with Crippen molar-refractivity contribution in [3.05, 3.63) is 0 Å². The summed E-state index contributed by atoms with van der Waals surface area (Å²) in [6.07, 6.45) is 5.55. The largest absolute Gasteiger partial charge is 0.376 e. The normalized spacial score (nSPS) is 30.0. The van der Waals surface area contributed by atoms with Crippen molar-refractivity contribution in [3.63, 3.8) is 0 Å². The molecule has 1 aliphatic carbocycles. The van der Waals surface area contributed by atoms with Gasteiger partial charge >= 0.3 is 0 Å². The zero-order chi connectivity index (χ0) is 15.5. The van der Waals surface area contributed by atoms with Gasteiger partial charge in [-0.25, -0.2) is 0 Å². The molecular formula is C16H31N3O2. The summed E-state index contributed by atoms with van der Waals surface area (Å²) < 4.78 is 5.73. The fourth-order valence-electron chi connectivity index (χ4n) is 3.14. The van der Waals surface area contributed by atoms with Gasteiger partial charge in [0.05, 0.1) is 18.2 Å². The lowest BCUT2D eigenvalue weighted by atomic mass is 9.94. The van der Waals surface area contributed by atoms with E-state index in [-0.39, 0.29) is 5.91 Å². The van der Waals surface area contributed by atoms with E-state index in [2.05, 4.69) is 24.1 Å². The minimum absolute atomic E-state index is 0.225. The monoisotopic (exact) mass is 297 g/mol. The van der Waals surface area contributed by atoms with E-state index in [9.17, 15) is 4.79 Å². The van der Waals surface area contributed by atoms with Crippen molar-refractivity contribution in [1.29, 1.82) is 0 Å². The Bertz CT molecular complexity index is 359. The molecule has 0 aromatic rings. The van der Waals surface area contributed by atoms with Crippen LogP contribution in [-0.2, 0) is 9.53 Å². The van der Waals surface area contributed by atoms with E-state index in [1.807, 2.05) is 6.92 Å². The van der Waals surface area contributed by atoms with Crippen LogP contribution < -0.4 is 11.1 Å². The quantitative estimate of drug-likeness (QED) is 0.708. The summed E-state index contributed by atoms with van der Waals surface area (Å²) in [5.41, 5.74) is 5.05. The summed E-state index contributed by atoms with van der Waals surface area (Å²) in [5.74, 6) is -0.225. The Labute approximate surface area is 128 Å². The molecule has 1 heterocycles. The van der Waals surface area contributed by atoms with Crippen LogP contribution in [-0.4, -0.2) is 54.2 Å². The van der Waals surface area contributed by atoms with Gasteiger partial charge in [-0.05, 0) is 52.5 Å². The van der Waals surface area contributed by atoms with Crippen molar-refractivity contribution in [2.24, 2.45) is 5.73 Å². The Hall–Kier alpha value is -0.650. The average Bonchev–Trinajstić information content (AvgIpc) is 3.22. The number of rotatable bonds is 8. The molecule has 122 valence electrons. The van der Waals surface area contributed by atoms with Gasteiger partial charge < -0.3 is 15.8 Å². The zero-order valence-corrected chi connectivity index (χ0v) is 13.7. The molecule has 3 atom stereocenters. The standard InChI is InChI=1S/C16H31N3O2/c1-4-14-11-21-12(2)10-19(14)9-5-8-16(3,15(17)20)18-13-6-7-13/h12-14,18H,4-11H2,1-3H3,(H2,17,20). The molecule has 1 aliphatic heterocycles. The Kier molecular flexibility index (Phi) is 5.63. The fraction of sp³-hybridized carbons (Fsp3) is 0.938. The predicted octanol–water partition coefficient (Wildman–Crippen LogP) is 1.26. The highest BCUT2D eigenvalue weighted by atomic mass is 16.5. The lowest BCUT2D eigenvalue weighted by molar-refractivity contribution is -0.124. The fourth-order valence-corrected chi connectivity index (χ4v) is 3.14. The molecule has 1 amide bonds. The SMILES string of the molecule is CCC1COC(C)CN1CCCC(C)(NC1CC1)C(N)=O. The second-order valence-electron chi connectivity index (χ2n) is 6.92. The number of nitrogens with two attached hydrogens (primary N) is 1. The maximum Gasteiger partial charge on any atom is 0.237 e. The van der Waals surface area contributed by atoms with Crippen molar-refractivity contribution in [1.82, 2.24) is 10.2 Å². The molecule has 3 N–H and O–H groups in total. The first-order chi connectivity index (χ1) is 9.94.